The lowest BCUT2D eigenvalue weighted by molar-refractivity contribution is -0.113. The zero-order chi connectivity index (χ0) is 18.8. The van der Waals surface area contributed by atoms with Gasteiger partial charge >= 0.3 is 6.61 Å². The fourth-order valence-electron chi connectivity index (χ4n) is 2.00. The average molecular weight is 402 g/mol. The summed E-state index contributed by atoms with van der Waals surface area (Å²) in [4.78, 5) is 11.9. The Balaban J connectivity index is 1.64. The molecule has 0 heterocycles. The number of nitrogens with one attached hydrogen (secondary N) is 1. The normalized spacial score (nSPS) is 10.6. The first-order valence-electron chi connectivity index (χ1n) is 7.84. The topological polar surface area (TPSA) is 47.6 Å². The van der Waals surface area contributed by atoms with Gasteiger partial charge in [0.1, 0.15) is 11.5 Å². The third kappa shape index (κ3) is 7.49. The number of hydrogen-bond donors (Lipinski definition) is 1. The van der Waals surface area contributed by atoms with E-state index < -0.39 is 6.61 Å². The predicted molar refractivity (Wildman–Crippen MR) is 101 cm³/mol. The van der Waals surface area contributed by atoms with E-state index in [1.54, 1.807) is 36.4 Å². The van der Waals surface area contributed by atoms with Crippen LogP contribution in [-0.2, 0) is 4.79 Å². The van der Waals surface area contributed by atoms with Crippen molar-refractivity contribution in [1.29, 1.82) is 0 Å². The van der Waals surface area contributed by atoms with Crippen molar-refractivity contribution >= 4 is 35.0 Å². The molecule has 26 heavy (non-hydrogen) atoms. The second kappa shape index (κ2) is 10.9. The van der Waals surface area contributed by atoms with E-state index in [0.29, 0.717) is 11.6 Å². The number of ether oxygens (including phenoxy) is 2. The van der Waals surface area contributed by atoms with Gasteiger partial charge in [-0.3, -0.25) is 4.79 Å². The smallest absolute Gasteiger partial charge is 0.387 e. The minimum Gasteiger partial charge on any atom is -0.494 e. The van der Waals surface area contributed by atoms with Gasteiger partial charge in [-0.2, -0.15) is 20.5 Å². The fourth-order valence-corrected chi connectivity index (χ4v) is 2.85. The van der Waals surface area contributed by atoms with Crippen molar-refractivity contribution in [2.24, 2.45) is 0 Å². The Kier molecular flexibility index (Phi) is 8.50. The molecule has 1 amide bonds. The van der Waals surface area contributed by atoms with Gasteiger partial charge < -0.3 is 14.8 Å². The molecule has 4 nitrogen and oxygen atoms in total. The third-order valence-corrected chi connectivity index (χ3v) is 4.42. The highest BCUT2D eigenvalue weighted by molar-refractivity contribution is 7.99. The fraction of sp³-hybridized carbons (Fsp3) is 0.278. The van der Waals surface area contributed by atoms with E-state index >= 15 is 0 Å². The Morgan fingerprint density at radius 2 is 1.88 bits per heavy atom. The standard InChI is InChI=1S/C18H18ClF2NO3S/c19-13-6-8-14(9-7-13)24-10-3-11-26-12-17(23)22-15-4-1-2-5-16(15)25-18(20)21/h1-2,4-9,18H,3,10-12H2,(H,22,23). The molecular weight excluding hydrogens is 384 g/mol. The molecule has 2 aromatic rings. The Hall–Kier alpha value is -1.99. The molecule has 0 aromatic heterocycles. The highest BCUT2D eigenvalue weighted by Crippen LogP contribution is 2.25. The summed E-state index contributed by atoms with van der Waals surface area (Å²) in [5.74, 6) is 1.35. The maximum atomic E-state index is 12.3. The van der Waals surface area contributed by atoms with Crippen molar-refractivity contribution in [3.05, 3.63) is 53.6 Å². The van der Waals surface area contributed by atoms with Crippen LogP contribution in [0.2, 0.25) is 5.02 Å². The van der Waals surface area contributed by atoms with Gasteiger partial charge in [0.15, 0.2) is 0 Å². The largest absolute Gasteiger partial charge is 0.494 e. The van der Waals surface area contributed by atoms with Crippen LogP contribution in [0.4, 0.5) is 14.5 Å². The minimum atomic E-state index is -2.94. The van der Waals surface area contributed by atoms with Gasteiger partial charge in [-0.25, -0.2) is 0 Å². The quantitative estimate of drug-likeness (QED) is 0.564. The molecule has 140 valence electrons. The van der Waals surface area contributed by atoms with E-state index in [9.17, 15) is 13.6 Å². The van der Waals surface area contributed by atoms with E-state index in [1.165, 1.54) is 23.9 Å². The number of alkyl halides is 2. The molecule has 0 atom stereocenters. The van der Waals surface area contributed by atoms with Crippen LogP contribution < -0.4 is 14.8 Å². The van der Waals surface area contributed by atoms with Crippen LogP contribution in [-0.4, -0.2) is 30.6 Å². The number of carbonyl (C=O) groups is 1. The van der Waals surface area contributed by atoms with Crippen molar-refractivity contribution in [2.75, 3.05) is 23.4 Å². The molecule has 0 aliphatic carbocycles. The Morgan fingerprint density at radius 3 is 2.62 bits per heavy atom. The Morgan fingerprint density at radius 1 is 1.15 bits per heavy atom. The van der Waals surface area contributed by atoms with Gasteiger partial charge in [-0.05, 0) is 48.6 Å². The third-order valence-electron chi connectivity index (χ3n) is 3.13. The first-order valence-corrected chi connectivity index (χ1v) is 9.37. The SMILES string of the molecule is O=C(CSCCCOc1ccc(Cl)cc1)Nc1ccccc1OC(F)F. The number of rotatable bonds is 10. The lowest BCUT2D eigenvalue weighted by Gasteiger charge is -2.11. The average Bonchev–Trinajstić information content (AvgIpc) is 2.61. The number of thioether (sulfide) groups is 1. The van der Waals surface area contributed by atoms with Crippen molar-refractivity contribution < 1.29 is 23.0 Å². The second-order valence-electron chi connectivity index (χ2n) is 5.13. The molecule has 0 bridgehead atoms. The molecule has 2 rings (SSSR count). The summed E-state index contributed by atoms with van der Waals surface area (Å²) in [5.41, 5.74) is 0.226. The van der Waals surface area contributed by atoms with Gasteiger partial charge in [-0.15, -0.1) is 0 Å². The van der Waals surface area contributed by atoms with Gasteiger partial charge in [0.25, 0.3) is 0 Å². The first-order chi connectivity index (χ1) is 12.5. The van der Waals surface area contributed by atoms with E-state index in [-0.39, 0.29) is 23.1 Å². The summed E-state index contributed by atoms with van der Waals surface area (Å²) in [6, 6.07) is 13.2. The molecule has 2 aromatic carbocycles. The van der Waals surface area contributed by atoms with Crippen molar-refractivity contribution in [3.8, 4) is 11.5 Å². The van der Waals surface area contributed by atoms with Crippen molar-refractivity contribution in [1.82, 2.24) is 0 Å². The summed E-state index contributed by atoms with van der Waals surface area (Å²) < 4.78 is 34.6. The van der Waals surface area contributed by atoms with Gasteiger partial charge in [0.2, 0.25) is 5.91 Å². The summed E-state index contributed by atoms with van der Waals surface area (Å²) in [6.45, 7) is -2.41. The van der Waals surface area contributed by atoms with Crippen molar-refractivity contribution in [3.63, 3.8) is 0 Å². The number of amides is 1. The van der Waals surface area contributed by atoms with Crippen LogP contribution in [0, 0.1) is 0 Å². The Bertz CT molecular complexity index is 701. The van der Waals surface area contributed by atoms with Gasteiger partial charge in [0, 0.05) is 5.02 Å². The van der Waals surface area contributed by atoms with E-state index in [0.717, 1.165) is 17.9 Å². The number of hydrogen-bond acceptors (Lipinski definition) is 4. The zero-order valence-electron chi connectivity index (χ0n) is 13.8. The van der Waals surface area contributed by atoms with Crippen LogP contribution >= 0.6 is 23.4 Å². The number of para-hydroxylation sites is 2. The molecule has 0 spiro atoms. The molecule has 0 radical (unpaired) electrons. The highest BCUT2D eigenvalue weighted by Gasteiger charge is 2.11. The molecule has 0 aliphatic rings. The van der Waals surface area contributed by atoms with E-state index in [1.807, 2.05) is 0 Å². The maximum absolute atomic E-state index is 12.3. The van der Waals surface area contributed by atoms with E-state index in [2.05, 4.69) is 10.1 Å². The number of anilines is 1. The minimum absolute atomic E-state index is 0.0581. The lowest BCUT2D eigenvalue weighted by atomic mass is 10.3. The molecule has 0 saturated heterocycles. The molecule has 0 saturated carbocycles. The van der Waals surface area contributed by atoms with Crippen LogP contribution in [0.5, 0.6) is 11.5 Å². The molecular formula is C18H18ClF2NO3S. The zero-order valence-corrected chi connectivity index (χ0v) is 15.4. The summed E-state index contributed by atoms with van der Waals surface area (Å²) in [7, 11) is 0. The number of carbonyl (C=O) groups excluding carboxylic acids is 1. The molecule has 8 heteroatoms. The summed E-state index contributed by atoms with van der Waals surface area (Å²) in [6.07, 6.45) is 0.769. The summed E-state index contributed by atoms with van der Waals surface area (Å²) in [5, 5.41) is 3.23. The summed E-state index contributed by atoms with van der Waals surface area (Å²) >= 11 is 7.23. The van der Waals surface area contributed by atoms with Crippen LogP contribution in [0.25, 0.3) is 0 Å². The molecule has 0 unspecified atom stereocenters. The van der Waals surface area contributed by atoms with Crippen LogP contribution in [0.1, 0.15) is 6.42 Å². The van der Waals surface area contributed by atoms with E-state index in [4.69, 9.17) is 16.3 Å². The number of halogens is 3. The Labute approximate surface area is 159 Å². The van der Waals surface area contributed by atoms with Crippen LogP contribution in [0.15, 0.2) is 48.5 Å². The number of benzene rings is 2. The van der Waals surface area contributed by atoms with Crippen LogP contribution in [0.3, 0.4) is 0 Å². The first kappa shape index (κ1) is 20.3. The van der Waals surface area contributed by atoms with Gasteiger partial charge in [-0.1, -0.05) is 23.7 Å². The maximum Gasteiger partial charge on any atom is 0.387 e. The predicted octanol–water partition coefficient (Wildman–Crippen LogP) is 5.08. The molecule has 0 aliphatic heterocycles. The highest BCUT2D eigenvalue weighted by atomic mass is 35.5. The monoisotopic (exact) mass is 401 g/mol. The second-order valence-corrected chi connectivity index (χ2v) is 6.67. The molecule has 0 fully saturated rings. The molecule has 1 N–H and O–H groups in total. The lowest BCUT2D eigenvalue weighted by Crippen LogP contribution is -2.16. The van der Waals surface area contributed by atoms with Crippen molar-refractivity contribution in [2.45, 2.75) is 13.0 Å². The van der Waals surface area contributed by atoms with Gasteiger partial charge in [0.05, 0.1) is 18.0 Å².